The number of aromatic hydroxyl groups is 1. The molecule has 9 heteroatoms. The van der Waals surface area contributed by atoms with Gasteiger partial charge in [0, 0.05) is 6.54 Å². The van der Waals surface area contributed by atoms with Crippen LogP contribution in [0.3, 0.4) is 0 Å². The lowest BCUT2D eigenvalue weighted by Crippen LogP contribution is -2.29. The first-order valence-corrected chi connectivity index (χ1v) is 11.6. The molecule has 4 aromatic rings. The van der Waals surface area contributed by atoms with E-state index >= 15 is 0 Å². The maximum absolute atomic E-state index is 13.7. The fraction of sp³-hybridized carbons (Fsp3) is 0.154. The van der Waals surface area contributed by atoms with Gasteiger partial charge in [-0.2, -0.15) is 0 Å². The lowest BCUT2D eigenvalue weighted by molar-refractivity contribution is 0.0714. The molecule has 1 atom stereocenters. The number of methoxy groups -OCH3 is 1. The summed E-state index contributed by atoms with van der Waals surface area (Å²) in [6.45, 7) is 0.322. The molecule has 8 nitrogen and oxygen atoms in total. The summed E-state index contributed by atoms with van der Waals surface area (Å²) in [5.41, 5.74) is 1.69. The summed E-state index contributed by atoms with van der Waals surface area (Å²) in [5, 5.41) is 10.7. The number of fused-ring (bicyclic) bond motifs is 3. The number of hydrogen-bond donors (Lipinski definition) is 1. The molecule has 0 spiro atoms. The lowest BCUT2D eigenvalue weighted by atomic mass is 9.97. The third-order valence-electron chi connectivity index (χ3n) is 6.25. The number of phenols is 1. The quantitative estimate of drug-likeness (QED) is 0.402. The minimum Gasteiger partial charge on any atom is -0.503 e. The van der Waals surface area contributed by atoms with Crippen molar-refractivity contribution in [2.75, 3.05) is 13.9 Å². The first-order chi connectivity index (χ1) is 17.0. The van der Waals surface area contributed by atoms with Gasteiger partial charge < -0.3 is 28.6 Å². The summed E-state index contributed by atoms with van der Waals surface area (Å²) in [7, 11) is 1.44. The summed E-state index contributed by atoms with van der Waals surface area (Å²) in [6.07, 6.45) is 0. The third-order valence-corrected chi connectivity index (χ3v) is 6.85. The number of amides is 1. The van der Waals surface area contributed by atoms with E-state index in [1.807, 2.05) is 12.1 Å². The molecular weight excluding hydrogens is 518 g/mol. The number of para-hydroxylation sites is 1. The Labute approximate surface area is 207 Å². The second kappa shape index (κ2) is 8.06. The number of carbonyl (C=O) groups excluding carboxylic acids is 1. The molecule has 3 heterocycles. The minimum atomic E-state index is -0.769. The zero-order valence-corrected chi connectivity index (χ0v) is 20.0. The van der Waals surface area contributed by atoms with E-state index in [0.717, 1.165) is 5.56 Å². The van der Waals surface area contributed by atoms with Crippen LogP contribution in [0.4, 0.5) is 0 Å². The summed E-state index contributed by atoms with van der Waals surface area (Å²) in [4.78, 5) is 28.9. The molecule has 176 valence electrons. The van der Waals surface area contributed by atoms with Crippen LogP contribution in [0.1, 0.15) is 33.3 Å². The van der Waals surface area contributed by atoms with Gasteiger partial charge in [-0.15, -0.1) is 0 Å². The van der Waals surface area contributed by atoms with Gasteiger partial charge in [-0.05, 0) is 63.5 Å². The highest BCUT2D eigenvalue weighted by molar-refractivity contribution is 9.10. The number of phenolic OH excluding ortho intramolecular Hbond substituents is 1. The minimum absolute atomic E-state index is 0.00241. The summed E-state index contributed by atoms with van der Waals surface area (Å²) in [6, 6.07) is 14.8. The van der Waals surface area contributed by atoms with Crippen LogP contribution in [0.15, 0.2) is 68.3 Å². The molecule has 0 saturated carbocycles. The van der Waals surface area contributed by atoms with E-state index in [-0.39, 0.29) is 41.6 Å². The van der Waals surface area contributed by atoms with Crippen LogP contribution in [-0.4, -0.2) is 29.8 Å². The molecule has 1 N–H and O–H groups in total. The molecule has 3 aromatic carbocycles. The zero-order valence-electron chi connectivity index (χ0n) is 18.4. The second-order valence-corrected chi connectivity index (χ2v) is 9.10. The summed E-state index contributed by atoms with van der Waals surface area (Å²) < 4.78 is 22.6. The van der Waals surface area contributed by atoms with Crippen molar-refractivity contribution < 1.29 is 28.5 Å². The number of benzene rings is 3. The van der Waals surface area contributed by atoms with Crippen LogP contribution < -0.4 is 19.6 Å². The van der Waals surface area contributed by atoms with Crippen molar-refractivity contribution in [2.24, 2.45) is 0 Å². The van der Waals surface area contributed by atoms with E-state index in [1.165, 1.54) is 7.11 Å². The fourth-order valence-corrected chi connectivity index (χ4v) is 5.08. The number of carbonyl (C=O) groups is 1. The van der Waals surface area contributed by atoms with E-state index < -0.39 is 11.9 Å². The van der Waals surface area contributed by atoms with E-state index in [4.69, 9.17) is 18.6 Å². The molecule has 1 amide bonds. The Morgan fingerprint density at radius 2 is 1.89 bits per heavy atom. The highest BCUT2D eigenvalue weighted by Crippen LogP contribution is 2.44. The van der Waals surface area contributed by atoms with Gasteiger partial charge in [0.05, 0.1) is 28.6 Å². The zero-order chi connectivity index (χ0) is 24.3. The molecule has 1 unspecified atom stereocenters. The maximum Gasteiger partial charge on any atom is 0.291 e. The van der Waals surface area contributed by atoms with Crippen molar-refractivity contribution in [2.45, 2.75) is 12.6 Å². The topological polar surface area (TPSA) is 98.4 Å². The first-order valence-electron chi connectivity index (χ1n) is 10.8. The molecule has 6 rings (SSSR count). The van der Waals surface area contributed by atoms with E-state index in [1.54, 1.807) is 47.4 Å². The van der Waals surface area contributed by atoms with Crippen molar-refractivity contribution in [3.8, 4) is 23.0 Å². The number of rotatable bonds is 4. The monoisotopic (exact) mass is 535 g/mol. The van der Waals surface area contributed by atoms with Gasteiger partial charge in [0.2, 0.25) is 12.6 Å². The molecule has 1 aromatic heterocycles. The molecule has 0 saturated heterocycles. The predicted octanol–water partition coefficient (Wildman–Crippen LogP) is 4.74. The smallest absolute Gasteiger partial charge is 0.291 e. The van der Waals surface area contributed by atoms with Crippen LogP contribution in [0, 0.1) is 0 Å². The van der Waals surface area contributed by atoms with Crippen molar-refractivity contribution in [3.63, 3.8) is 0 Å². The standard InChI is InChI=1S/C26H18BrNO7/c1-32-20-10-14(9-16(27)24(20)30)22-21-23(29)15-4-2-3-5-17(15)35-25(21)26(31)28(22)11-13-6-7-18-19(8-13)34-12-33-18/h2-10,22,30H,11-12H2,1H3. The van der Waals surface area contributed by atoms with E-state index in [0.29, 0.717) is 32.5 Å². The molecule has 35 heavy (non-hydrogen) atoms. The van der Waals surface area contributed by atoms with Crippen LogP contribution in [0.5, 0.6) is 23.0 Å². The van der Waals surface area contributed by atoms with Gasteiger partial charge in [-0.25, -0.2) is 0 Å². The number of halogens is 1. The van der Waals surface area contributed by atoms with Gasteiger partial charge in [-0.3, -0.25) is 9.59 Å². The first kappa shape index (κ1) is 21.5. The Bertz CT molecular complexity index is 1580. The lowest BCUT2D eigenvalue weighted by Gasteiger charge is -2.26. The van der Waals surface area contributed by atoms with Crippen LogP contribution in [0.2, 0.25) is 0 Å². The molecule has 0 fully saturated rings. The summed E-state index contributed by atoms with van der Waals surface area (Å²) >= 11 is 3.35. The normalized spacial score (nSPS) is 16.1. The Balaban J connectivity index is 1.55. The fourth-order valence-electron chi connectivity index (χ4n) is 4.62. The average Bonchev–Trinajstić information content (AvgIpc) is 3.44. The molecule has 2 aliphatic heterocycles. The number of ether oxygens (including phenoxy) is 3. The van der Waals surface area contributed by atoms with Crippen molar-refractivity contribution >= 4 is 32.8 Å². The molecular formula is C26H18BrNO7. The average molecular weight is 536 g/mol. The summed E-state index contributed by atoms with van der Waals surface area (Å²) in [5.74, 6) is 0.960. The Morgan fingerprint density at radius 1 is 1.09 bits per heavy atom. The van der Waals surface area contributed by atoms with Crippen molar-refractivity contribution in [1.29, 1.82) is 0 Å². The van der Waals surface area contributed by atoms with Crippen molar-refractivity contribution in [3.05, 3.63) is 91.7 Å². The van der Waals surface area contributed by atoms with Gasteiger partial charge in [0.25, 0.3) is 5.91 Å². The highest BCUT2D eigenvalue weighted by Gasteiger charge is 2.43. The molecule has 0 aliphatic carbocycles. The second-order valence-electron chi connectivity index (χ2n) is 8.25. The number of hydrogen-bond acceptors (Lipinski definition) is 7. The predicted molar refractivity (Wildman–Crippen MR) is 129 cm³/mol. The Hall–Kier alpha value is -3.98. The molecule has 2 aliphatic rings. The Morgan fingerprint density at radius 3 is 2.71 bits per heavy atom. The Kier molecular flexibility index (Phi) is 4.96. The van der Waals surface area contributed by atoms with E-state index in [9.17, 15) is 14.7 Å². The van der Waals surface area contributed by atoms with Crippen LogP contribution in [-0.2, 0) is 6.54 Å². The largest absolute Gasteiger partial charge is 0.503 e. The SMILES string of the molecule is COc1cc(C2c3c(oc4ccccc4c3=O)C(=O)N2Cc2ccc3c(c2)OCO3)cc(Br)c1O. The van der Waals surface area contributed by atoms with Gasteiger partial charge in [0.1, 0.15) is 5.58 Å². The molecule has 0 radical (unpaired) electrons. The van der Waals surface area contributed by atoms with Crippen LogP contribution in [0.25, 0.3) is 11.0 Å². The highest BCUT2D eigenvalue weighted by atomic mass is 79.9. The number of nitrogens with zero attached hydrogens (tertiary/aromatic N) is 1. The maximum atomic E-state index is 13.7. The van der Waals surface area contributed by atoms with Gasteiger partial charge in [0.15, 0.2) is 28.4 Å². The van der Waals surface area contributed by atoms with Crippen molar-refractivity contribution in [1.82, 2.24) is 4.90 Å². The van der Waals surface area contributed by atoms with Crippen LogP contribution >= 0.6 is 15.9 Å². The van der Waals surface area contributed by atoms with Gasteiger partial charge >= 0.3 is 0 Å². The molecule has 0 bridgehead atoms. The van der Waals surface area contributed by atoms with Gasteiger partial charge in [-0.1, -0.05) is 18.2 Å². The van der Waals surface area contributed by atoms with E-state index in [2.05, 4.69) is 15.9 Å². The third kappa shape index (κ3) is 3.34.